The fourth-order valence-electron chi connectivity index (χ4n) is 1.49. The van der Waals surface area contributed by atoms with Crippen molar-refractivity contribution in [2.75, 3.05) is 19.7 Å². The molecule has 18 heavy (non-hydrogen) atoms. The van der Waals surface area contributed by atoms with Gasteiger partial charge in [0.15, 0.2) is 0 Å². The maximum Gasteiger partial charge on any atom is 0.219 e. The lowest BCUT2D eigenvalue weighted by atomic mass is 10.2. The van der Waals surface area contributed by atoms with E-state index in [1.165, 1.54) is 0 Å². The molecule has 5 heteroatoms. The molecule has 1 heterocycles. The van der Waals surface area contributed by atoms with Gasteiger partial charge in [-0.2, -0.15) is 0 Å². The molecule has 0 saturated carbocycles. The third kappa shape index (κ3) is 7.09. The quantitative estimate of drug-likeness (QED) is 0.619. The Kier molecular flexibility index (Phi) is 7.92. The van der Waals surface area contributed by atoms with Gasteiger partial charge in [0.05, 0.1) is 6.26 Å². The highest BCUT2D eigenvalue weighted by Gasteiger charge is 2.00. The molecule has 0 bridgehead atoms. The molecule has 0 radical (unpaired) electrons. The summed E-state index contributed by atoms with van der Waals surface area (Å²) in [5, 5.41) is 2.85. The fourth-order valence-corrected chi connectivity index (χ4v) is 1.49. The molecule has 0 aliphatic heterocycles. The molecule has 1 amide bonds. The number of nitrogens with two attached hydrogens (primary N) is 1. The van der Waals surface area contributed by atoms with E-state index in [0.717, 1.165) is 25.0 Å². The predicted octanol–water partition coefficient (Wildman–Crippen LogP) is 1.43. The Morgan fingerprint density at radius 1 is 1.39 bits per heavy atom. The number of nitrogens with one attached hydrogen (secondary N) is 1. The largest absolute Gasteiger partial charge is 0.467 e. The molecule has 0 spiro atoms. The molecule has 0 atom stereocenters. The standard InChI is InChI=1S/C13H22N2O3/c14-7-2-1-6-13(16)15-8-4-9-17-11-12-5-3-10-18-12/h3,5,10H,1-2,4,6-9,11,14H2,(H,15,16). The molecule has 0 aromatic carbocycles. The van der Waals surface area contributed by atoms with Crippen molar-refractivity contribution in [1.82, 2.24) is 5.32 Å². The second-order valence-electron chi connectivity index (χ2n) is 4.08. The highest BCUT2D eigenvalue weighted by atomic mass is 16.5. The van der Waals surface area contributed by atoms with Crippen LogP contribution in [0.15, 0.2) is 22.8 Å². The summed E-state index contributed by atoms with van der Waals surface area (Å²) in [7, 11) is 0. The molecule has 0 aliphatic carbocycles. The number of hydrogen-bond donors (Lipinski definition) is 2. The smallest absolute Gasteiger partial charge is 0.219 e. The second kappa shape index (κ2) is 9.67. The van der Waals surface area contributed by atoms with Crippen molar-refractivity contribution < 1.29 is 13.9 Å². The van der Waals surface area contributed by atoms with E-state index in [4.69, 9.17) is 14.9 Å². The van der Waals surface area contributed by atoms with E-state index in [1.54, 1.807) is 6.26 Å². The fraction of sp³-hybridized carbons (Fsp3) is 0.615. The molecule has 0 saturated heterocycles. The topological polar surface area (TPSA) is 77.5 Å². The average Bonchev–Trinajstić information content (AvgIpc) is 2.87. The van der Waals surface area contributed by atoms with E-state index in [2.05, 4.69) is 5.32 Å². The zero-order valence-electron chi connectivity index (χ0n) is 10.7. The SMILES string of the molecule is NCCCCC(=O)NCCCOCc1ccco1. The Labute approximate surface area is 108 Å². The summed E-state index contributed by atoms with van der Waals surface area (Å²) in [4.78, 5) is 11.3. The van der Waals surface area contributed by atoms with Gasteiger partial charge < -0.3 is 20.2 Å². The van der Waals surface area contributed by atoms with Gasteiger partial charge in [-0.1, -0.05) is 0 Å². The van der Waals surface area contributed by atoms with Crippen molar-refractivity contribution in [2.45, 2.75) is 32.3 Å². The molecule has 5 nitrogen and oxygen atoms in total. The van der Waals surface area contributed by atoms with Crippen molar-refractivity contribution in [3.8, 4) is 0 Å². The van der Waals surface area contributed by atoms with Gasteiger partial charge in [0.1, 0.15) is 12.4 Å². The van der Waals surface area contributed by atoms with E-state index in [0.29, 0.717) is 32.7 Å². The minimum absolute atomic E-state index is 0.0921. The summed E-state index contributed by atoms with van der Waals surface area (Å²) >= 11 is 0. The Bertz CT molecular complexity index is 312. The summed E-state index contributed by atoms with van der Waals surface area (Å²) in [6, 6.07) is 3.71. The van der Waals surface area contributed by atoms with Crippen LogP contribution in [0, 0.1) is 0 Å². The number of furan rings is 1. The first-order chi connectivity index (χ1) is 8.83. The van der Waals surface area contributed by atoms with Crippen molar-refractivity contribution in [3.05, 3.63) is 24.2 Å². The van der Waals surface area contributed by atoms with E-state index < -0.39 is 0 Å². The van der Waals surface area contributed by atoms with Gasteiger partial charge in [0, 0.05) is 19.6 Å². The van der Waals surface area contributed by atoms with E-state index in [-0.39, 0.29) is 5.91 Å². The Balaban J connectivity index is 1.87. The normalized spacial score (nSPS) is 10.5. The molecule has 0 fully saturated rings. The number of unbranched alkanes of at least 4 members (excludes halogenated alkanes) is 1. The van der Waals surface area contributed by atoms with Crippen molar-refractivity contribution in [3.63, 3.8) is 0 Å². The zero-order valence-corrected chi connectivity index (χ0v) is 10.7. The van der Waals surface area contributed by atoms with E-state index in [9.17, 15) is 4.79 Å². The van der Waals surface area contributed by atoms with Gasteiger partial charge in [-0.05, 0) is 37.9 Å². The van der Waals surface area contributed by atoms with Gasteiger partial charge in [0.2, 0.25) is 5.91 Å². The maximum absolute atomic E-state index is 11.3. The van der Waals surface area contributed by atoms with Crippen molar-refractivity contribution in [2.24, 2.45) is 5.73 Å². The molecular weight excluding hydrogens is 232 g/mol. The molecule has 0 unspecified atom stereocenters. The molecule has 3 N–H and O–H groups in total. The molecule has 1 rings (SSSR count). The van der Waals surface area contributed by atoms with E-state index in [1.807, 2.05) is 12.1 Å². The number of amides is 1. The highest BCUT2D eigenvalue weighted by Crippen LogP contribution is 2.01. The summed E-state index contributed by atoms with van der Waals surface area (Å²) in [6.45, 7) is 2.40. The minimum Gasteiger partial charge on any atom is -0.467 e. The van der Waals surface area contributed by atoms with Gasteiger partial charge in [-0.3, -0.25) is 4.79 Å². The summed E-state index contributed by atoms with van der Waals surface area (Å²) in [5.41, 5.74) is 5.35. The van der Waals surface area contributed by atoms with Crippen LogP contribution in [0.1, 0.15) is 31.4 Å². The Hall–Kier alpha value is -1.33. The molecule has 0 aliphatic rings. The van der Waals surface area contributed by atoms with Crippen LogP contribution >= 0.6 is 0 Å². The second-order valence-corrected chi connectivity index (χ2v) is 4.08. The molecule has 102 valence electrons. The maximum atomic E-state index is 11.3. The Morgan fingerprint density at radius 2 is 2.28 bits per heavy atom. The predicted molar refractivity (Wildman–Crippen MR) is 68.9 cm³/mol. The third-order valence-electron chi connectivity index (χ3n) is 2.47. The van der Waals surface area contributed by atoms with Crippen molar-refractivity contribution in [1.29, 1.82) is 0 Å². The number of ether oxygens (including phenoxy) is 1. The lowest BCUT2D eigenvalue weighted by Crippen LogP contribution is -2.25. The first kappa shape index (κ1) is 14.7. The lowest BCUT2D eigenvalue weighted by molar-refractivity contribution is -0.121. The van der Waals surface area contributed by atoms with Crippen molar-refractivity contribution >= 4 is 5.91 Å². The van der Waals surface area contributed by atoms with Crippen LogP contribution in [-0.4, -0.2) is 25.6 Å². The monoisotopic (exact) mass is 254 g/mol. The molecule has 1 aromatic heterocycles. The third-order valence-corrected chi connectivity index (χ3v) is 2.47. The molecular formula is C13H22N2O3. The highest BCUT2D eigenvalue weighted by molar-refractivity contribution is 5.75. The van der Waals surface area contributed by atoms with Crippen LogP contribution in [0.2, 0.25) is 0 Å². The van der Waals surface area contributed by atoms with Crippen LogP contribution in [0.5, 0.6) is 0 Å². The van der Waals surface area contributed by atoms with Crippen LogP contribution in [-0.2, 0) is 16.1 Å². The first-order valence-electron chi connectivity index (χ1n) is 6.40. The minimum atomic E-state index is 0.0921. The summed E-state index contributed by atoms with van der Waals surface area (Å²) in [6.07, 6.45) is 4.76. The van der Waals surface area contributed by atoms with Gasteiger partial charge in [0.25, 0.3) is 0 Å². The number of hydrogen-bond acceptors (Lipinski definition) is 4. The number of carbonyl (C=O) groups is 1. The van der Waals surface area contributed by atoms with Gasteiger partial charge in [-0.25, -0.2) is 0 Å². The summed E-state index contributed by atoms with van der Waals surface area (Å²) < 4.78 is 10.5. The average molecular weight is 254 g/mol. The van der Waals surface area contributed by atoms with Crippen LogP contribution < -0.4 is 11.1 Å². The zero-order chi connectivity index (χ0) is 13.1. The summed E-state index contributed by atoms with van der Waals surface area (Å²) in [5.74, 6) is 0.912. The van der Waals surface area contributed by atoms with E-state index >= 15 is 0 Å². The first-order valence-corrected chi connectivity index (χ1v) is 6.40. The van der Waals surface area contributed by atoms with Gasteiger partial charge >= 0.3 is 0 Å². The lowest BCUT2D eigenvalue weighted by Gasteiger charge is -2.05. The number of carbonyl (C=O) groups excluding carboxylic acids is 1. The van der Waals surface area contributed by atoms with Crippen LogP contribution in [0.25, 0.3) is 0 Å². The van der Waals surface area contributed by atoms with Crippen LogP contribution in [0.3, 0.4) is 0 Å². The van der Waals surface area contributed by atoms with Crippen LogP contribution in [0.4, 0.5) is 0 Å². The van der Waals surface area contributed by atoms with Gasteiger partial charge in [-0.15, -0.1) is 0 Å². The Morgan fingerprint density at radius 3 is 3.00 bits per heavy atom. The molecule has 1 aromatic rings. The number of rotatable bonds is 10.